The van der Waals surface area contributed by atoms with Crippen molar-refractivity contribution in [3.8, 4) is 0 Å². The van der Waals surface area contributed by atoms with Gasteiger partial charge in [-0.3, -0.25) is 15.1 Å². The zero-order chi connectivity index (χ0) is 39.9. The van der Waals surface area contributed by atoms with Crippen molar-refractivity contribution >= 4 is 58.4 Å². The number of amides is 5. The first-order valence-corrected chi connectivity index (χ1v) is 21.5. The Morgan fingerprint density at radius 2 is 1.10 bits per heavy atom. The molecule has 0 saturated carbocycles. The second kappa shape index (κ2) is 16.1. The van der Waals surface area contributed by atoms with Crippen molar-refractivity contribution in [1.29, 1.82) is 0 Å². The molecule has 4 aromatic rings. The minimum atomic E-state index is -0.667. The quantitative estimate of drug-likeness (QED) is 0.191. The van der Waals surface area contributed by atoms with Gasteiger partial charge in [-0.05, 0) is 116 Å². The number of ether oxygens (including phenoxy) is 2. The minimum absolute atomic E-state index is 0.0175. The number of benzene rings is 4. The van der Waals surface area contributed by atoms with Crippen LogP contribution in [0, 0.1) is 0 Å². The highest BCUT2D eigenvalue weighted by Gasteiger charge is 2.46. The van der Waals surface area contributed by atoms with Crippen LogP contribution in [0.1, 0.15) is 79.2 Å². The summed E-state index contributed by atoms with van der Waals surface area (Å²) in [6.07, 6.45) is 8.50. The Morgan fingerprint density at radius 1 is 0.586 bits per heavy atom. The van der Waals surface area contributed by atoms with Gasteiger partial charge in [0.25, 0.3) is 0 Å². The fraction of sp³-hybridized carbons (Fsp3) is 0.413. The molecule has 1 N–H and O–H groups in total. The first kappa shape index (κ1) is 38.7. The average Bonchev–Trinajstić information content (AvgIpc) is 3.35. The molecule has 6 aliphatic rings. The zero-order valence-corrected chi connectivity index (χ0v) is 34.2. The number of piperidine rings is 2. The number of halogens is 2. The van der Waals surface area contributed by atoms with Gasteiger partial charge >= 0.3 is 18.2 Å². The summed E-state index contributed by atoms with van der Waals surface area (Å²) < 4.78 is 12.0. The summed E-state index contributed by atoms with van der Waals surface area (Å²) in [6, 6.07) is 28.1. The van der Waals surface area contributed by atoms with E-state index < -0.39 is 11.7 Å². The fourth-order valence-corrected chi connectivity index (χ4v) is 10.2. The van der Waals surface area contributed by atoms with Crippen molar-refractivity contribution in [2.45, 2.75) is 82.0 Å². The lowest BCUT2D eigenvalue weighted by molar-refractivity contribution is -0.0725. The van der Waals surface area contributed by atoms with E-state index in [0.717, 1.165) is 104 Å². The largest absolute Gasteiger partial charge is 0.438 e. The molecule has 2 spiro atoms. The summed E-state index contributed by atoms with van der Waals surface area (Å²) in [5.41, 5.74) is 7.81. The molecule has 0 unspecified atom stereocenters. The molecule has 0 radical (unpaired) electrons. The normalized spacial score (nSPS) is 20.3. The van der Waals surface area contributed by atoms with E-state index in [1.165, 1.54) is 16.7 Å². The lowest BCUT2D eigenvalue weighted by Crippen LogP contribution is -2.53. The second-order valence-corrected chi connectivity index (χ2v) is 17.2. The SMILES string of the molecule is O=C(N1CCC2(CC1)OCc1ccccc12)N1CCCCc2cc(Cl)ccc21.O=C1Nc2ccccc2C2(CCN(C(=O)N3CCCCc4cc(Cl)ccc43)CC2)O1. The lowest BCUT2D eigenvalue weighted by Gasteiger charge is -2.45. The Kier molecular flexibility index (Phi) is 10.8. The number of rotatable bonds is 0. The number of nitrogens with zero attached hydrogens (tertiary/aromatic N) is 4. The number of fused-ring (bicyclic) bond motifs is 6. The van der Waals surface area contributed by atoms with Crippen LogP contribution >= 0.6 is 23.2 Å². The monoisotopic (exact) mass is 821 g/mol. The van der Waals surface area contributed by atoms with E-state index >= 15 is 0 Å². The van der Waals surface area contributed by atoms with Gasteiger partial charge in [0.05, 0.1) is 17.9 Å². The molecule has 10 rings (SSSR count). The standard InChI is InChI=1S/C23H24ClN3O3.C23H25ClN2O2/c24-17-8-9-20-16(15-17)5-3-4-12-27(20)22(29)26-13-10-23(11-14-26)18-6-1-2-7-19(18)25-21(28)30-23;24-19-8-9-21-17(15-19)5-3-4-12-26(21)22(27)25-13-10-23(11-14-25)20-7-2-1-6-18(20)16-28-23/h1-2,6-9,15H,3-5,10-14H2,(H,25,28);1-2,6-9,15H,3-5,10-14,16H2. The van der Waals surface area contributed by atoms with Crippen LogP contribution in [0.4, 0.5) is 31.4 Å². The third-order valence-corrected chi connectivity index (χ3v) is 13.4. The van der Waals surface area contributed by atoms with Crippen molar-refractivity contribution in [3.05, 3.63) is 123 Å². The maximum absolute atomic E-state index is 13.4. The molecule has 5 amide bonds. The Morgan fingerprint density at radius 3 is 1.69 bits per heavy atom. The molecule has 6 heterocycles. The van der Waals surface area contributed by atoms with E-state index in [9.17, 15) is 14.4 Å². The van der Waals surface area contributed by atoms with Gasteiger partial charge in [0.2, 0.25) is 0 Å². The summed E-state index contributed by atoms with van der Waals surface area (Å²) in [5, 5.41) is 4.22. The molecule has 12 heteroatoms. The summed E-state index contributed by atoms with van der Waals surface area (Å²) >= 11 is 12.4. The smallest absolute Gasteiger partial charge is 0.412 e. The summed E-state index contributed by atoms with van der Waals surface area (Å²) in [7, 11) is 0. The highest BCUT2D eigenvalue weighted by molar-refractivity contribution is 6.31. The second-order valence-electron chi connectivity index (χ2n) is 16.3. The van der Waals surface area contributed by atoms with Crippen molar-refractivity contribution in [2.24, 2.45) is 0 Å². The van der Waals surface area contributed by atoms with Crippen molar-refractivity contribution in [3.63, 3.8) is 0 Å². The predicted octanol–water partition coefficient (Wildman–Crippen LogP) is 10.3. The summed E-state index contributed by atoms with van der Waals surface area (Å²) in [5.74, 6) is 0. The molecule has 0 bridgehead atoms. The Labute approximate surface area is 350 Å². The number of anilines is 3. The van der Waals surface area contributed by atoms with Crippen LogP contribution < -0.4 is 15.1 Å². The number of carbonyl (C=O) groups excluding carboxylic acids is 3. The number of carbonyl (C=O) groups is 3. The lowest BCUT2D eigenvalue weighted by atomic mass is 9.82. The van der Waals surface area contributed by atoms with Gasteiger partial charge < -0.3 is 19.3 Å². The number of urea groups is 2. The molecular formula is C46H49Cl2N5O5. The van der Waals surface area contributed by atoms with Crippen LogP contribution in [0.3, 0.4) is 0 Å². The highest BCUT2D eigenvalue weighted by atomic mass is 35.5. The van der Waals surface area contributed by atoms with Crippen LogP contribution in [-0.4, -0.2) is 67.2 Å². The number of aryl methyl sites for hydroxylation is 2. The van der Waals surface area contributed by atoms with Crippen molar-refractivity contribution < 1.29 is 23.9 Å². The van der Waals surface area contributed by atoms with Crippen molar-refractivity contribution in [2.75, 3.05) is 54.4 Å². The highest BCUT2D eigenvalue weighted by Crippen LogP contribution is 2.45. The minimum Gasteiger partial charge on any atom is -0.438 e. The zero-order valence-electron chi connectivity index (χ0n) is 32.7. The van der Waals surface area contributed by atoms with E-state index in [1.54, 1.807) is 0 Å². The maximum atomic E-state index is 13.4. The number of hydrogen-bond donors (Lipinski definition) is 1. The Balaban J connectivity index is 0.000000151. The first-order chi connectivity index (χ1) is 28.2. The molecule has 2 fully saturated rings. The van der Waals surface area contributed by atoms with Crippen LogP contribution in [0.2, 0.25) is 10.0 Å². The van der Waals surface area contributed by atoms with E-state index in [2.05, 4.69) is 29.6 Å². The van der Waals surface area contributed by atoms with Crippen LogP contribution in [0.5, 0.6) is 0 Å². The van der Waals surface area contributed by atoms with Gasteiger partial charge in [-0.2, -0.15) is 0 Å². The number of nitrogens with one attached hydrogen (secondary N) is 1. The van der Waals surface area contributed by atoms with E-state index in [-0.39, 0.29) is 17.7 Å². The molecule has 0 aromatic heterocycles. The fourth-order valence-electron chi connectivity index (χ4n) is 9.83. The third-order valence-electron chi connectivity index (χ3n) is 12.9. The van der Waals surface area contributed by atoms with E-state index in [4.69, 9.17) is 32.7 Å². The molecule has 2 saturated heterocycles. The molecule has 10 nitrogen and oxygen atoms in total. The molecule has 58 heavy (non-hydrogen) atoms. The summed E-state index contributed by atoms with van der Waals surface area (Å²) in [6.45, 7) is 4.70. The molecule has 0 atom stereocenters. The molecule has 6 aliphatic heterocycles. The third kappa shape index (κ3) is 7.39. The average molecular weight is 823 g/mol. The molecule has 0 aliphatic carbocycles. The van der Waals surface area contributed by atoms with Crippen LogP contribution in [-0.2, 0) is 40.1 Å². The number of hydrogen-bond acceptors (Lipinski definition) is 5. The predicted molar refractivity (Wildman–Crippen MR) is 227 cm³/mol. The Bertz CT molecular complexity index is 2220. The summed E-state index contributed by atoms with van der Waals surface area (Å²) in [4.78, 5) is 46.7. The molecule has 302 valence electrons. The number of likely N-dealkylation sites (tertiary alicyclic amines) is 2. The maximum Gasteiger partial charge on any atom is 0.412 e. The first-order valence-electron chi connectivity index (χ1n) is 20.7. The van der Waals surface area contributed by atoms with E-state index in [1.807, 2.05) is 80.3 Å². The van der Waals surface area contributed by atoms with Gasteiger partial charge in [-0.1, -0.05) is 65.7 Å². The van der Waals surface area contributed by atoms with Crippen molar-refractivity contribution in [1.82, 2.24) is 9.80 Å². The molecular weight excluding hydrogens is 773 g/mol. The van der Waals surface area contributed by atoms with Gasteiger partial charge in [0.15, 0.2) is 0 Å². The van der Waals surface area contributed by atoms with Gasteiger partial charge in [-0.15, -0.1) is 0 Å². The van der Waals surface area contributed by atoms with Gasteiger partial charge in [-0.25, -0.2) is 14.4 Å². The van der Waals surface area contributed by atoms with Crippen LogP contribution in [0.15, 0.2) is 84.9 Å². The van der Waals surface area contributed by atoms with E-state index in [0.29, 0.717) is 44.1 Å². The topological polar surface area (TPSA) is 94.7 Å². The van der Waals surface area contributed by atoms with Gasteiger partial charge in [0.1, 0.15) is 5.60 Å². The van der Waals surface area contributed by atoms with Gasteiger partial charge in [0, 0.05) is 79.1 Å². The Hall–Kier alpha value is -4.77. The number of para-hydroxylation sites is 1. The van der Waals surface area contributed by atoms with Crippen LogP contribution in [0.25, 0.3) is 0 Å². The molecule has 4 aromatic carbocycles.